The Morgan fingerprint density at radius 2 is 1.92 bits per heavy atom. The average molecular weight is 361 g/mol. The molecule has 24 heavy (non-hydrogen) atoms. The lowest BCUT2D eigenvalue weighted by Gasteiger charge is -2.25. The van der Waals surface area contributed by atoms with E-state index in [-0.39, 0.29) is 24.4 Å². The minimum Gasteiger partial charge on any atom is -0.350 e. The highest BCUT2D eigenvalue weighted by atomic mass is 35.5. The summed E-state index contributed by atoms with van der Waals surface area (Å²) in [6.07, 6.45) is 3.37. The summed E-state index contributed by atoms with van der Waals surface area (Å²) < 4.78 is 40.3. The predicted octanol–water partition coefficient (Wildman–Crippen LogP) is 2.89. The van der Waals surface area contributed by atoms with Crippen LogP contribution in [-0.4, -0.2) is 35.8 Å². The van der Waals surface area contributed by atoms with Gasteiger partial charge in [-0.05, 0) is 31.7 Å². The van der Waals surface area contributed by atoms with Crippen LogP contribution in [0.1, 0.15) is 36.0 Å². The molecule has 2 fully saturated rings. The minimum atomic E-state index is -1.53. The maximum absolute atomic E-state index is 13.8. The lowest BCUT2D eigenvalue weighted by molar-refractivity contribution is -0.133. The number of nitrogens with zero attached hydrogens (tertiary/aromatic N) is 1. The van der Waals surface area contributed by atoms with Crippen LogP contribution >= 0.6 is 11.6 Å². The molecule has 1 aliphatic carbocycles. The third-order valence-corrected chi connectivity index (χ3v) is 4.76. The molecule has 1 aliphatic heterocycles. The third-order valence-electron chi connectivity index (χ3n) is 4.43. The Kier molecular flexibility index (Phi) is 4.71. The van der Waals surface area contributed by atoms with Crippen molar-refractivity contribution in [3.05, 3.63) is 34.1 Å². The molecule has 8 heteroatoms. The van der Waals surface area contributed by atoms with Crippen LogP contribution in [0.25, 0.3) is 0 Å². The number of halogens is 4. The van der Waals surface area contributed by atoms with E-state index < -0.39 is 33.9 Å². The molecule has 4 nitrogen and oxygen atoms in total. The van der Waals surface area contributed by atoms with E-state index in [1.54, 1.807) is 4.90 Å². The number of benzene rings is 1. The van der Waals surface area contributed by atoms with Crippen LogP contribution in [0.2, 0.25) is 5.02 Å². The highest BCUT2D eigenvalue weighted by Crippen LogP contribution is 2.33. The van der Waals surface area contributed by atoms with Crippen LogP contribution in [0.5, 0.6) is 0 Å². The zero-order valence-corrected chi connectivity index (χ0v) is 13.5. The number of carbonyl (C=O) groups excluding carboxylic acids is 2. The van der Waals surface area contributed by atoms with Crippen LogP contribution in [0.15, 0.2) is 6.07 Å². The summed E-state index contributed by atoms with van der Waals surface area (Å²) in [6.45, 7) is 0.772. The first-order chi connectivity index (χ1) is 11.4. The summed E-state index contributed by atoms with van der Waals surface area (Å²) in [4.78, 5) is 26.0. The Labute approximate surface area is 142 Å². The van der Waals surface area contributed by atoms with Crippen molar-refractivity contribution in [3.63, 3.8) is 0 Å². The van der Waals surface area contributed by atoms with Crippen molar-refractivity contribution in [2.75, 3.05) is 13.1 Å². The van der Waals surface area contributed by atoms with Gasteiger partial charge in [-0.15, -0.1) is 0 Å². The highest BCUT2D eigenvalue weighted by Gasteiger charge is 2.38. The van der Waals surface area contributed by atoms with E-state index in [4.69, 9.17) is 11.6 Å². The van der Waals surface area contributed by atoms with E-state index in [0.717, 1.165) is 25.7 Å². The van der Waals surface area contributed by atoms with E-state index in [0.29, 0.717) is 12.6 Å². The van der Waals surface area contributed by atoms with E-state index in [9.17, 15) is 22.8 Å². The standard InChI is InChI=1S/C16H16ClF3N2O2/c17-12-13(19)10(6-11(18)14(12)20)15(23)21-7-9-2-1-5-22(9)16(24)8-3-4-8/h6,8-9H,1-5,7H2,(H,21,23). The molecule has 0 bridgehead atoms. The van der Waals surface area contributed by atoms with E-state index in [2.05, 4.69) is 5.32 Å². The lowest BCUT2D eigenvalue weighted by Crippen LogP contribution is -2.43. The Balaban J connectivity index is 1.66. The van der Waals surface area contributed by atoms with Gasteiger partial charge in [0, 0.05) is 25.0 Å². The second-order valence-corrected chi connectivity index (χ2v) is 6.54. The van der Waals surface area contributed by atoms with Crippen molar-refractivity contribution in [3.8, 4) is 0 Å². The van der Waals surface area contributed by atoms with Gasteiger partial charge in [-0.2, -0.15) is 0 Å². The highest BCUT2D eigenvalue weighted by molar-refractivity contribution is 6.31. The number of carbonyl (C=O) groups is 2. The van der Waals surface area contributed by atoms with Crippen LogP contribution in [0.4, 0.5) is 13.2 Å². The fraction of sp³-hybridized carbons (Fsp3) is 0.500. The fourth-order valence-corrected chi connectivity index (χ4v) is 3.14. The maximum Gasteiger partial charge on any atom is 0.254 e. The molecule has 1 aromatic rings. The average Bonchev–Trinajstić information content (AvgIpc) is 3.31. The van der Waals surface area contributed by atoms with Gasteiger partial charge in [0.1, 0.15) is 5.02 Å². The van der Waals surface area contributed by atoms with Crippen LogP contribution in [-0.2, 0) is 4.79 Å². The first-order valence-corrected chi connectivity index (χ1v) is 8.19. The molecular formula is C16H16ClF3N2O2. The fourth-order valence-electron chi connectivity index (χ4n) is 2.95. The molecule has 1 saturated carbocycles. The van der Waals surface area contributed by atoms with Gasteiger partial charge in [-0.3, -0.25) is 9.59 Å². The second-order valence-electron chi connectivity index (χ2n) is 6.16. The summed E-state index contributed by atoms with van der Waals surface area (Å²) in [6, 6.07) is 0.319. The predicted molar refractivity (Wildman–Crippen MR) is 81.1 cm³/mol. The molecule has 1 unspecified atom stereocenters. The molecular weight excluding hydrogens is 345 g/mol. The molecule has 2 aliphatic rings. The lowest BCUT2D eigenvalue weighted by atomic mass is 10.1. The quantitative estimate of drug-likeness (QED) is 0.663. The summed E-state index contributed by atoms with van der Waals surface area (Å²) in [5, 5.41) is 1.43. The van der Waals surface area contributed by atoms with Crippen molar-refractivity contribution in [2.45, 2.75) is 31.7 Å². The van der Waals surface area contributed by atoms with E-state index in [1.165, 1.54) is 0 Å². The van der Waals surface area contributed by atoms with Gasteiger partial charge in [0.2, 0.25) is 5.91 Å². The van der Waals surface area contributed by atoms with E-state index >= 15 is 0 Å². The summed E-state index contributed by atoms with van der Waals surface area (Å²) in [5.41, 5.74) is -0.656. The zero-order chi connectivity index (χ0) is 17.4. The Morgan fingerprint density at radius 3 is 2.58 bits per heavy atom. The van der Waals surface area contributed by atoms with Gasteiger partial charge in [-0.1, -0.05) is 11.6 Å². The van der Waals surface area contributed by atoms with Gasteiger partial charge < -0.3 is 10.2 Å². The van der Waals surface area contributed by atoms with Crippen molar-refractivity contribution >= 4 is 23.4 Å². The molecule has 0 spiro atoms. The minimum absolute atomic E-state index is 0.0868. The Hall–Kier alpha value is -1.76. The molecule has 0 aromatic heterocycles. The van der Waals surface area contributed by atoms with Gasteiger partial charge in [0.05, 0.1) is 5.56 Å². The normalized spacial score (nSPS) is 20.3. The maximum atomic E-state index is 13.8. The van der Waals surface area contributed by atoms with Crippen LogP contribution in [0, 0.1) is 23.4 Å². The number of nitrogens with one attached hydrogen (secondary N) is 1. The summed E-state index contributed by atoms with van der Waals surface area (Å²) in [7, 11) is 0. The molecule has 130 valence electrons. The molecule has 1 aromatic carbocycles. The van der Waals surface area contributed by atoms with Crippen molar-refractivity contribution in [2.24, 2.45) is 5.92 Å². The van der Waals surface area contributed by atoms with Crippen LogP contribution < -0.4 is 5.32 Å². The van der Waals surface area contributed by atoms with Crippen LogP contribution in [0.3, 0.4) is 0 Å². The number of rotatable bonds is 4. The van der Waals surface area contributed by atoms with Crippen molar-refractivity contribution < 1.29 is 22.8 Å². The van der Waals surface area contributed by atoms with Crippen molar-refractivity contribution in [1.82, 2.24) is 10.2 Å². The number of likely N-dealkylation sites (tertiary alicyclic amines) is 1. The first-order valence-electron chi connectivity index (χ1n) is 7.81. The first kappa shape index (κ1) is 17.1. The molecule has 2 amide bonds. The smallest absolute Gasteiger partial charge is 0.254 e. The van der Waals surface area contributed by atoms with Gasteiger partial charge in [0.25, 0.3) is 5.91 Å². The van der Waals surface area contributed by atoms with Crippen molar-refractivity contribution in [1.29, 1.82) is 0 Å². The Bertz CT molecular complexity index is 694. The molecule has 1 saturated heterocycles. The molecule has 3 rings (SSSR count). The van der Waals surface area contributed by atoms with Gasteiger partial charge in [-0.25, -0.2) is 13.2 Å². The van der Waals surface area contributed by atoms with Gasteiger partial charge in [0.15, 0.2) is 17.5 Å². The topological polar surface area (TPSA) is 49.4 Å². The number of hydrogen-bond donors (Lipinski definition) is 1. The third kappa shape index (κ3) is 3.22. The van der Waals surface area contributed by atoms with E-state index in [1.807, 2.05) is 0 Å². The number of hydrogen-bond acceptors (Lipinski definition) is 2. The van der Waals surface area contributed by atoms with Gasteiger partial charge >= 0.3 is 0 Å². The summed E-state index contributed by atoms with van der Waals surface area (Å²) >= 11 is 5.34. The summed E-state index contributed by atoms with van der Waals surface area (Å²) in [5.74, 6) is -4.93. The largest absolute Gasteiger partial charge is 0.350 e. The monoisotopic (exact) mass is 360 g/mol. The molecule has 1 atom stereocenters. The molecule has 1 heterocycles. The zero-order valence-electron chi connectivity index (χ0n) is 12.8. The Morgan fingerprint density at radius 1 is 1.21 bits per heavy atom. The molecule has 0 radical (unpaired) electrons. The SMILES string of the molecule is O=C(NCC1CCCN1C(=O)C1CC1)c1cc(F)c(F)c(Cl)c1F. The second kappa shape index (κ2) is 6.63. The molecule has 1 N–H and O–H groups in total. The number of amides is 2.